The Labute approximate surface area is 299 Å². The second-order valence-electron chi connectivity index (χ2n) is 14.0. The van der Waals surface area contributed by atoms with Gasteiger partial charge in [-0.3, -0.25) is 4.79 Å². The number of allylic oxidation sites excluding steroid dienone is 3. The first-order valence-electron chi connectivity index (χ1n) is 17.5. The van der Waals surface area contributed by atoms with Gasteiger partial charge in [0.1, 0.15) is 43.7 Å². The third-order valence-electron chi connectivity index (χ3n) is 9.72. The quantitative estimate of drug-likeness (QED) is 0.0892. The van der Waals surface area contributed by atoms with Crippen molar-refractivity contribution >= 4 is 24.1 Å². The molecule has 0 radical (unpaired) electrons. The van der Waals surface area contributed by atoms with Crippen molar-refractivity contribution in [3.8, 4) is 0 Å². The molecule has 0 saturated carbocycles. The van der Waals surface area contributed by atoms with Crippen LogP contribution in [0.25, 0.3) is 0 Å². The topological polar surface area (TPSA) is 184 Å². The minimum absolute atomic E-state index is 0.0506. The number of ether oxygens (including phenoxy) is 6. The second kappa shape index (κ2) is 19.2. The van der Waals surface area contributed by atoms with E-state index in [2.05, 4.69) is 45.2 Å². The average molecular weight is 719 g/mol. The van der Waals surface area contributed by atoms with Crippen molar-refractivity contribution in [3.05, 3.63) is 61.3 Å². The van der Waals surface area contributed by atoms with Crippen molar-refractivity contribution < 1.29 is 62.9 Å². The van der Waals surface area contributed by atoms with E-state index in [4.69, 9.17) is 28.4 Å². The minimum atomic E-state index is -1.87. The number of carbonyl (C=O) groups is 4. The number of fused-ring (bicyclic) bond motifs is 1. The van der Waals surface area contributed by atoms with E-state index in [0.29, 0.717) is 25.7 Å². The largest absolute Gasteiger partial charge is 0.508 e. The molecule has 284 valence electrons. The molecule has 51 heavy (non-hydrogen) atoms. The van der Waals surface area contributed by atoms with E-state index in [1.54, 1.807) is 0 Å². The molecule has 1 saturated heterocycles. The predicted octanol–water partition coefficient (Wildman–Crippen LogP) is 4.25. The Kier molecular flexibility index (Phi) is 15.6. The maximum atomic E-state index is 13.2. The van der Waals surface area contributed by atoms with Crippen LogP contribution in [0.4, 0.5) is 4.79 Å². The molecule has 2 aliphatic carbocycles. The summed E-state index contributed by atoms with van der Waals surface area (Å²) in [5.74, 6) is -1.91. The summed E-state index contributed by atoms with van der Waals surface area (Å²) in [7, 11) is 0. The second-order valence-corrected chi connectivity index (χ2v) is 14.0. The lowest BCUT2D eigenvalue weighted by Gasteiger charge is -2.44. The molecule has 3 N–H and O–H groups in total. The van der Waals surface area contributed by atoms with Gasteiger partial charge in [0, 0.05) is 18.4 Å². The summed E-state index contributed by atoms with van der Waals surface area (Å²) in [6, 6.07) is 0. The van der Waals surface area contributed by atoms with Gasteiger partial charge in [0.15, 0.2) is 6.10 Å². The van der Waals surface area contributed by atoms with Crippen LogP contribution >= 0.6 is 0 Å². The molecule has 0 spiro atoms. The van der Waals surface area contributed by atoms with Gasteiger partial charge >= 0.3 is 24.1 Å². The number of aliphatic hydroxyl groups excluding tert-OH is 3. The predicted molar refractivity (Wildman–Crippen MR) is 184 cm³/mol. The molecule has 0 aromatic rings. The van der Waals surface area contributed by atoms with Gasteiger partial charge in [-0.15, -0.1) is 0 Å². The van der Waals surface area contributed by atoms with Crippen molar-refractivity contribution in [1.82, 2.24) is 0 Å². The number of rotatable bonds is 16. The molecule has 0 aromatic heterocycles. The molecule has 13 heteroatoms. The van der Waals surface area contributed by atoms with Crippen LogP contribution in [-0.2, 0) is 42.8 Å². The van der Waals surface area contributed by atoms with Crippen molar-refractivity contribution in [2.75, 3.05) is 13.2 Å². The van der Waals surface area contributed by atoms with Crippen molar-refractivity contribution in [3.63, 3.8) is 0 Å². The maximum Gasteiger partial charge on any atom is 0.508 e. The molecular weight excluding hydrogens is 664 g/mol. The van der Waals surface area contributed by atoms with Crippen LogP contribution in [0.2, 0.25) is 0 Å². The van der Waals surface area contributed by atoms with E-state index in [9.17, 15) is 34.5 Å². The summed E-state index contributed by atoms with van der Waals surface area (Å²) >= 11 is 0. The van der Waals surface area contributed by atoms with Crippen molar-refractivity contribution in [2.24, 2.45) is 29.1 Å². The summed E-state index contributed by atoms with van der Waals surface area (Å²) in [6.45, 7) is 16.6. The number of carbonyl (C=O) groups excluding carboxylic acids is 4. The molecule has 1 fully saturated rings. The molecule has 13 nitrogen and oxygen atoms in total. The Morgan fingerprint density at radius 2 is 1.71 bits per heavy atom. The molecule has 3 aliphatic rings. The number of hydrogen-bond donors (Lipinski definition) is 3. The number of hydrogen-bond acceptors (Lipinski definition) is 13. The molecular formula is C38H54O13. The zero-order valence-electron chi connectivity index (χ0n) is 30.2. The van der Waals surface area contributed by atoms with Crippen LogP contribution in [0.5, 0.6) is 0 Å². The van der Waals surface area contributed by atoms with E-state index in [1.807, 2.05) is 20.8 Å². The highest BCUT2D eigenvalue weighted by atomic mass is 16.7. The standard InChI is InChI=1S/C38H54O13/c1-8-18-46-34(43)33-31(41)30(40)32(42)35(51-33)50-28(39)13-11-12-25(48-37(45)47-19-9-2)16-17-26-23(5)14-15-24-20-22(4)21-27(29(24)26)49-36(44)38(6,7)10-3/h8-9,11,13-15,20,22-23,25-27,29-33,35,40-42H,1-2,10,12,16-19,21H2,3-7H3/b13-11+/t22-,23+,25+,26+,27-,29+,30?,31-,32?,33?,35-/m1/s1. The number of esters is 3. The molecule has 0 amide bonds. The van der Waals surface area contributed by atoms with Gasteiger partial charge in [0.05, 0.1) is 5.41 Å². The highest BCUT2D eigenvalue weighted by Gasteiger charge is 2.49. The Morgan fingerprint density at radius 3 is 2.37 bits per heavy atom. The highest BCUT2D eigenvalue weighted by molar-refractivity contribution is 5.82. The zero-order valence-corrected chi connectivity index (χ0v) is 30.2. The summed E-state index contributed by atoms with van der Waals surface area (Å²) in [5, 5.41) is 30.7. The summed E-state index contributed by atoms with van der Waals surface area (Å²) in [5.41, 5.74) is 0.505. The molecule has 3 rings (SSSR count). The van der Waals surface area contributed by atoms with Gasteiger partial charge in [-0.25, -0.2) is 14.4 Å². The normalized spacial score (nSPS) is 31.0. The smallest absolute Gasteiger partial charge is 0.461 e. The van der Waals surface area contributed by atoms with Crippen molar-refractivity contribution in [1.29, 1.82) is 0 Å². The summed E-state index contributed by atoms with van der Waals surface area (Å²) in [6.07, 6.45) is 2.98. The molecule has 1 heterocycles. The summed E-state index contributed by atoms with van der Waals surface area (Å²) in [4.78, 5) is 50.6. The first-order valence-corrected chi connectivity index (χ1v) is 17.5. The zero-order chi connectivity index (χ0) is 37.9. The molecule has 1 aliphatic heterocycles. The number of aliphatic hydroxyl groups is 3. The fourth-order valence-corrected chi connectivity index (χ4v) is 6.40. The van der Waals surface area contributed by atoms with Crippen LogP contribution in [0, 0.1) is 29.1 Å². The highest BCUT2D eigenvalue weighted by Crippen LogP contribution is 2.45. The van der Waals surface area contributed by atoms with Gasteiger partial charge in [-0.05, 0) is 62.9 Å². The van der Waals surface area contributed by atoms with Crippen LogP contribution in [0.1, 0.15) is 66.7 Å². The van der Waals surface area contributed by atoms with E-state index in [1.165, 1.54) is 18.2 Å². The van der Waals surface area contributed by atoms with Crippen LogP contribution < -0.4 is 0 Å². The van der Waals surface area contributed by atoms with Gasteiger partial charge in [-0.1, -0.05) is 70.4 Å². The van der Waals surface area contributed by atoms with Crippen LogP contribution in [0.15, 0.2) is 61.3 Å². The SMILES string of the molecule is C=CCOC(=O)O[C@@H](C/C=C/C(=O)O[C@@H]1OC(C(=O)OCC=C)[C@H](O)C(O)C1O)CC[C@@H]1[C@@H]2C(=C[C@@H](C)C[C@H]2OC(=O)C(C)(C)CC)C=C[C@@H]1C. The van der Waals surface area contributed by atoms with Gasteiger partial charge in [0.25, 0.3) is 0 Å². The fourth-order valence-electron chi connectivity index (χ4n) is 6.40. The third-order valence-corrected chi connectivity index (χ3v) is 9.72. The molecule has 11 atom stereocenters. The lowest BCUT2D eigenvalue weighted by molar-refractivity contribution is -0.285. The lowest BCUT2D eigenvalue weighted by Crippen LogP contribution is -2.60. The summed E-state index contributed by atoms with van der Waals surface area (Å²) < 4.78 is 32.1. The monoisotopic (exact) mass is 718 g/mol. The third kappa shape index (κ3) is 11.4. The average Bonchev–Trinajstić information content (AvgIpc) is 3.09. The lowest BCUT2D eigenvalue weighted by atomic mass is 9.65. The van der Waals surface area contributed by atoms with Crippen LogP contribution in [0.3, 0.4) is 0 Å². The molecule has 3 unspecified atom stereocenters. The van der Waals surface area contributed by atoms with Crippen LogP contribution in [-0.4, -0.2) is 95.5 Å². The Morgan fingerprint density at radius 1 is 1.02 bits per heavy atom. The van der Waals surface area contributed by atoms with E-state index in [0.717, 1.165) is 11.6 Å². The fraction of sp³-hybridized carbons (Fsp3) is 0.632. The first kappa shape index (κ1) is 41.6. The molecule has 0 aromatic carbocycles. The van der Waals surface area contributed by atoms with E-state index >= 15 is 0 Å². The maximum absolute atomic E-state index is 13.2. The first-order chi connectivity index (χ1) is 24.1. The van der Waals surface area contributed by atoms with Gasteiger partial charge in [0.2, 0.25) is 6.29 Å². The minimum Gasteiger partial charge on any atom is -0.461 e. The van der Waals surface area contributed by atoms with Crippen molar-refractivity contribution in [2.45, 2.75) is 110 Å². The Bertz CT molecular complexity index is 1330. The Balaban J connectivity index is 1.72. The molecule has 0 bridgehead atoms. The van der Waals surface area contributed by atoms with Gasteiger partial charge < -0.3 is 43.7 Å². The van der Waals surface area contributed by atoms with E-state index < -0.39 is 60.3 Å². The Hall–Kier alpha value is -3.78. The van der Waals surface area contributed by atoms with E-state index in [-0.39, 0.29) is 55.4 Å². The van der Waals surface area contributed by atoms with Gasteiger partial charge in [-0.2, -0.15) is 0 Å².